The van der Waals surface area contributed by atoms with Gasteiger partial charge in [0, 0.05) is 0 Å². The van der Waals surface area contributed by atoms with E-state index in [0.29, 0.717) is 0 Å². The van der Waals surface area contributed by atoms with E-state index in [0.717, 1.165) is 5.56 Å². The highest BCUT2D eigenvalue weighted by Crippen LogP contribution is 1.95. The van der Waals surface area contributed by atoms with Crippen LogP contribution in [-0.4, -0.2) is 29.6 Å². The van der Waals surface area contributed by atoms with E-state index in [1.165, 1.54) is 19.6 Å². The number of rotatable bonds is 4. The number of aliphatic hydroxyl groups is 1. The summed E-state index contributed by atoms with van der Waals surface area (Å²) in [4.78, 5) is 2.38. The Morgan fingerprint density at radius 3 is 1.60 bits per heavy atom. The first-order chi connectivity index (χ1) is 7.28. The minimum atomic E-state index is 0.140. The van der Waals surface area contributed by atoms with Gasteiger partial charge >= 0.3 is 0 Å². The van der Waals surface area contributed by atoms with Gasteiger partial charge in [-0.1, -0.05) is 51.1 Å². The Kier molecular flexibility index (Phi) is 9.13. The third-order valence-corrected chi connectivity index (χ3v) is 2.37. The van der Waals surface area contributed by atoms with E-state index < -0.39 is 0 Å². The fourth-order valence-electron chi connectivity index (χ4n) is 1.25. The molecular formula is C13H23NO. The van der Waals surface area contributed by atoms with Crippen molar-refractivity contribution in [1.82, 2.24) is 4.90 Å². The molecule has 0 atom stereocenters. The molecule has 2 heteroatoms. The Bertz CT molecular complexity index is 214. The van der Waals surface area contributed by atoms with E-state index in [-0.39, 0.29) is 6.61 Å². The summed E-state index contributed by atoms with van der Waals surface area (Å²) in [5.74, 6) is 0. The molecule has 15 heavy (non-hydrogen) atoms. The molecule has 0 heterocycles. The van der Waals surface area contributed by atoms with Gasteiger partial charge in [-0.3, -0.25) is 0 Å². The summed E-state index contributed by atoms with van der Waals surface area (Å²) in [6.07, 6.45) is 0. The summed E-state index contributed by atoms with van der Waals surface area (Å²) in [6.45, 7) is 10.3. The van der Waals surface area contributed by atoms with Gasteiger partial charge in [-0.05, 0) is 25.2 Å². The second-order valence-corrected chi connectivity index (χ2v) is 3.26. The topological polar surface area (TPSA) is 23.5 Å². The molecule has 0 saturated carbocycles. The lowest BCUT2D eigenvalue weighted by Crippen LogP contribution is -2.21. The lowest BCUT2D eigenvalue weighted by atomic mass is 10.2. The smallest absolute Gasteiger partial charge is 0.0681 e. The zero-order valence-corrected chi connectivity index (χ0v) is 10.1. The van der Waals surface area contributed by atoms with Crippen LogP contribution in [0, 0.1) is 0 Å². The summed E-state index contributed by atoms with van der Waals surface area (Å²) in [7, 11) is 0. The third kappa shape index (κ3) is 7.11. The summed E-state index contributed by atoms with van der Waals surface area (Å²) in [5, 5.41) is 8.54. The first-order valence-electron chi connectivity index (χ1n) is 5.65. The van der Waals surface area contributed by atoms with E-state index in [2.05, 4.69) is 25.7 Å². The van der Waals surface area contributed by atoms with Crippen LogP contribution in [0.15, 0.2) is 30.3 Å². The average molecular weight is 209 g/mol. The number of benzene rings is 1. The summed E-state index contributed by atoms with van der Waals surface area (Å²) < 4.78 is 0. The quantitative estimate of drug-likeness (QED) is 0.823. The van der Waals surface area contributed by atoms with Crippen LogP contribution < -0.4 is 0 Å². The zero-order valence-electron chi connectivity index (χ0n) is 10.1. The van der Waals surface area contributed by atoms with Crippen molar-refractivity contribution < 1.29 is 5.11 Å². The van der Waals surface area contributed by atoms with Crippen LogP contribution in [0.2, 0.25) is 0 Å². The van der Waals surface area contributed by atoms with Crippen LogP contribution >= 0.6 is 0 Å². The first kappa shape index (κ1) is 14.1. The second-order valence-electron chi connectivity index (χ2n) is 3.26. The zero-order chi connectivity index (χ0) is 11.5. The van der Waals surface area contributed by atoms with Gasteiger partial charge in [-0.15, -0.1) is 0 Å². The first-order valence-corrected chi connectivity index (χ1v) is 5.65. The van der Waals surface area contributed by atoms with E-state index in [1.54, 1.807) is 0 Å². The Morgan fingerprint density at radius 2 is 1.40 bits per heavy atom. The molecule has 0 fully saturated rings. The van der Waals surface area contributed by atoms with Gasteiger partial charge in [-0.2, -0.15) is 0 Å². The molecule has 2 nitrogen and oxygen atoms in total. The number of aliphatic hydroxyl groups excluding tert-OH is 1. The fourth-order valence-corrected chi connectivity index (χ4v) is 1.25. The van der Waals surface area contributed by atoms with Gasteiger partial charge in [0.25, 0.3) is 0 Å². The lowest BCUT2D eigenvalue weighted by molar-refractivity contribution is 0.282. The fraction of sp³-hybridized carbons (Fsp3) is 0.538. The Labute approximate surface area is 93.5 Å². The van der Waals surface area contributed by atoms with Gasteiger partial charge in [0.05, 0.1) is 6.61 Å². The number of hydrogen-bond acceptors (Lipinski definition) is 2. The van der Waals surface area contributed by atoms with E-state index in [1.807, 2.05) is 30.3 Å². The highest BCUT2D eigenvalue weighted by atomic mass is 16.3. The van der Waals surface area contributed by atoms with Gasteiger partial charge in [-0.25, -0.2) is 0 Å². The largest absolute Gasteiger partial charge is 0.392 e. The van der Waals surface area contributed by atoms with Crippen molar-refractivity contribution in [2.75, 3.05) is 19.6 Å². The maximum Gasteiger partial charge on any atom is 0.0681 e. The Balaban J connectivity index is 0.000000265. The minimum absolute atomic E-state index is 0.140. The number of nitrogens with zero attached hydrogens (tertiary/aromatic N) is 1. The summed E-state index contributed by atoms with van der Waals surface area (Å²) in [6, 6.07) is 9.52. The highest BCUT2D eigenvalue weighted by molar-refractivity contribution is 5.12. The van der Waals surface area contributed by atoms with Crippen LogP contribution in [0.4, 0.5) is 0 Å². The molecular weight excluding hydrogens is 186 g/mol. The van der Waals surface area contributed by atoms with Crippen molar-refractivity contribution in [2.45, 2.75) is 27.4 Å². The SMILES string of the molecule is CCN(CC)CC.OCc1ccccc1. The standard InChI is InChI=1S/C7H8O.C6H15N/c8-6-7-4-2-1-3-5-7;1-4-7(5-2)6-3/h1-5,8H,6H2;4-6H2,1-3H3. The second kappa shape index (κ2) is 9.69. The van der Waals surface area contributed by atoms with E-state index >= 15 is 0 Å². The van der Waals surface area contributed by atoms with Crippen molar-refractivity contribution in [3.63, 3.8) is 0 Å². The molecule has 1 aromatic rings. The van der Waals surface area contributed by atoms with Crippen molar-refractivity contribution in [1.29, 1.82) is 0 Å². The Hall–Kier alpha value is -0.860. The van der Waals surface area contributed by atoms with Crippen LogP contribution in [-0.2, 0) is 6.61 Å². The molecule has 0 aliphatic heterocycles. The predicted molar refractivity (Wildman–Crippen MR) is 65.8 cm³/mol. The maximum atomic E-state index is 8.54. The molecule has 1 aromatic carbocycles. The van der Waals surface area contributed by atoms with Gasteiger partial charge < -0.3 is 10.0 Å². The van der Waals surface area contributed by atoms with Crippen molar-refractivity contribution in [3.8, 4) is 0 Å². The summed E-state index contributed by atoms with van der Waals surface area (Å²) >= 11 is 0. The third-order valence-electron chi connectivity index (χ3n) is 2.37. The van der Waals surface area contributed by atoms with Gasteiger partial charge in [0.1, 0.15) is 0 Å². The number of hydrogen-bond donors (Lipinski definition) is 1. The van der Waals surface area contributed by atoms with E-state index in [9.17, 15) is 0 Å². The molecule has 1 N–H and O–H groups in total. The molecule has 1 rings (SSSR count). The monoisotopic (exact) mass is 209 g/mol. The molecule has 86 valence electrons. The molecule has 0 saturated heterocycles. The van der Waals surface area contributed by atoms with Crippen LogP contribution in [0.3, 0.4) is 0 Å². The Morgan fingerprint density at radius 1 is 0.933 bits per heavy atom. The minimum Gasteiger partial charge on any atom is -0.392 e. The van der Waals surface area contributed by atoms with Crippen LogP contribution in [0.25, 0.3) is 0 Å². The molecule has 0 unspecified atom stereocenters. The molecule has 0 aromatic heterocycles. The molecule has 0 bridgehead atoms. The van der Waals surface area contributed by atoms with Gasteiger partial charge in [0.2, 0.25) is 0 Å². The van der Waals surface area contributed by atoms with Crippen LogP contribution in [0.5, 0.6) is 0 Å². The van der Waals surface area contributed by atoms with Crippen molar-refractivity contribution in [2.24, 2.45) is 0 Å². The van der Waals surface area contributed by atoms with Crippen molar-refractivity contribution in [3.05, 3.63) is 35.9 Å². The molecule has 0 spiro atoms. The van der Waals surface area contributed by atoms with Gasteiger partial charge in [0.15, 0.2) is 0 Å². The molecule has 0 amide bonds. The molecule has 0 aliphatic carbocycles. The van der Waals surface area contributed by atoms with Crippen molar-refractivity contribution >= 4 is 0 Å². The maximum absolute atomic E-state index is 8.54. The van der Waals surface area contributed by atoms with E-state index in [4.69, 9.17) is 5.11 Å². The van der Waals surface area contributed by atoms with Crippen LogP contribution in [0.1, 0.15) is 26.3 Å². The lowest BCUT2D eigenvalue weighted by Gasteiger charge is -2.13. The molecule has 0 aliphatic rings. The highest BCUT2D eigenvalue weighted by Gasteiger charge is 1.89. The summed E-state index contributed by atoms with van der Waals surface area (Å²) in [5.41, 5.74) is 0.965. The predicted octanol–water partition coefficient (Wildman–Crippen LogP) is 2.53. The normalized spacial score (nSPS) is 9.67. The molecule has 0 radical (unpaired) electrons. The average Bonchev–Trinajstić information content (AvgIpc) is 2.33.